The molecule has 23 heavy (non-hydrogen) atoms. The second-order valence-corrected chi connectivity index (χ2v) is 7.54. The van der Waals surface area contributed by atoms with Crippen molar-refractivity contribution in [2.75, 3.05) is 13.0 Å². The molecule has 0 amide bonds. The van der Waals surface area contributed by atoms with E-state index in [9.17, 15) is 9.36 Å². The summed E-state index contributed by atoms with van der Waals surface area (Å²) in [4.78, 5) is 10.7. The molecule has 0 N–H and O–H groups in total. The molecule has 0 saturated heterocycles. The van der Waals surface area contributed by atoms with Crippen molar-refractivity contribution in [1.82, 2.24) is 0 Å². The number of benzene rings is 2. The van der Waals surface area contributed by atoms with Crippen LogP contribution in [0.15, 0.2) is 54.6 Å². The molecule has 0 spiro atoms. The van der Waals surface area contributed by atoms with Crippen molar-refractivity contribution in [3.63, 3.8) is 0 Å². The average molecular weight is 332 g/mol. The fraction of sp³-hybridized carbons (Fsp3) is 0.278. The highest BCUT2D eigenvalue weighted by molar-refractivity contribution is 7.66. The van der Waals surface area contributed by atoms with Crippen molar-refractivity contribution in [2.45, 2.75) is 19.8 Å². The van der Waals surface area contributed by atoms with E-state index in [-0.39, 0.29) is 6.35 Å². The van der Waals surface area contributed by atoms with Crippen molar-refractivity contribution in [3.8, 4) is 5.75 Å². The van der Waals surface area contributed by atoms with Gasteiger partial charge in [-0.2, -0.15) is 0 Å². The van der Waals surface area contributed by atoms with Crippen molar-refractivity contribution >= 4 is 19.0 Å². The Bertz CT molecular complexity index is 652. The van der Waals surface area contributed by atoms with Crippen molar-refractivity contribution in [1.29, 1.82) is 0 Å². The van der Waals surface area contributed by atoms with Gasteiger partial charge >= 0.3 is 0 Å². The molecule has 1 unspecified atom stereocenters. The zero-order valence-corrected chi connectivity index (χ0v) is 14.1. The van der Waals surface area contributed by atoms with Crippen molar-refractivity contribution in [2.24, 2.45) is 0 Å². The SMILES string of the molecule is CCCCOP(=O)(COc1ccc(C=O)cc1)c1ccccc1. The first-order chi connectivity index (χ1) is 11.2. The molecule has 5 heteroatoms. The minimum Gasteiger partial charge on any atom is -0.483 e. The van der Waals surface area contributed by atoms with Crippen LogP contribution >= 0.6 is 7.37 Å². The molecule has 2 rings (SSSR count). The highest BCUT2D eigenvalue weighted by atomic mass is 31.2. The maximum absolute atomic E-state index is 13.2. The standard InChI is InChI=1S/C18H21O4P/c1-2-3-13-22-23(20,18-7-5-4-6-8-18)15-21-17-11-9-16(14-19)10-12-17/h4-12,14H,2-3,13,15H2,1H3. The molecule has 2 aromatic rings. The molecule has 0 aliphatic carbocycles. The van der Waals surface area contributed by atoms with Crippen molar-refractivity contribution in [3.05, 3.63) is 60.2 Å². The summed E-state index contributed by atoms with van der Waals surface area (Å²) in [6.07, 6.45) is 2.57. The third-order valence-corrected chi connectivity index (χ3v) is 5.52. The molecule has 0 fully saturated rings. The summed E-state index contributed by atoms with van der Waals surface area (Å²) in [5.74, 6) is 0.561. The number of carbonyl (C=O) groups is 1. The van der Waals surface area contributed by atoms with Crippen LogP contribution in [-0.4, -0.2) is 19.2 Å². The smallest absolute Gasteiger partial charge is 0.268 e. The summed E-state index contributed by atoms with van der Waals surface area (Å²) in [5, 5.41) is 0.653. The van der Waals surface area contributed by atoms with Gasteiger partial charge in [0.05, 0.1) is 6.61 Å². The molecule has 0 radical (unpaired) electrons. The van der Waals surface area contributed by atoms with Crippen LogP contribution in [-0.2, 0) is 9.09 Å². The minimum absolute atomic E-state index is 0.0266. The van der Waals surface area contributed by atoms with E-state index in [1.165, 1.54) is 0 Å². The molecule has 1 atom stereocenters. The number of hydrogen-bond donors (Lipinski definition) is 0. The topological polar surface area (TPSA) is 52.6 Å². The van der Waals surface area contributed by atoms with E-state index in [1.54, 1.807) is 36.4 Å². The van der Waals surface area contributed by atoms with Gasteiger partial charge in [-0.05, 0) is 42.8 Å². The van der Waals surface area contributed by atoms with E-state index in [0.717, 1.165) is 19.1 Å². The van der Waals surface area contributed by atoms with Crippen LogP contribution in [0, 0.1) is 0 Å². The van der Waals surface area contributed by atoms with Crippen molar-refractivity contribution < 1.29 is 18.6 Å². The molecule has 122 valence electrons. The molecule has 4 nitrogen and oxygen atoms in total. The zero-order chi connectivity index (χ0) is 16.5. The number of ether oxygens (including phenoxy) is 1. The second-order valence-electron chi connectivity index (χ2n) is 5.16. The van der Waals surface area contributed by atoms with Gasteiger partial charge < -0.3 is 9.26 Å². The number of unbranched alkanes of at least 4 members (excludes halogenated alkanes) is 1. The molecule has 0 aliphatic heterocycles. The third kappa shape index (κ3) is 5.05. The van der Waals surface area contributed by atoms with Gasteiger partial charge in [-0.3, -0.25) is 9.36 Å². The average Bonchev–Trinajstić information content (AvgIpc) is 2.61. The maximum atomic E-state index is 13.2. The van der Waals surface area contributed by atoms with Gasteiger partial charge in [0.25, 0.3) is 7.37 Å². The van der Waals surface area contributed by atoms with Gasteiger partial charge in [-0.25, -0.2) is 0 Å². The minimum atomic E-state index is -3.08. The summed E-state index contributed by atoms with van der Waals surface area (Å²) < 4.78 is 24.5. The fourth-order valence-corrected chi connectivity index (χ4v) is 3.74. The van der Waals surface area contributed by atoms with Crippen LogP contribution in [0.3, 0.4) is 0 Å². The van der Waals surface area contributed by atoms with Gasteiger partial charge in [0, 0.05) is 10.9 Å². The van der Waals surface area contributed by atoms with E-state index in [1.807, 2.05) is 18.2 Å². The predicted molar refractivity (Wildman–Crippen MR) is 91.9 cm³/mol. The Labute approximate surface area is 136 Å². The van der Waals surface area contributed by atoms with E-state index in [2.05, 4.69) is 6.92 Å². The first-order valence-corrected chi connectivity index (χ1v) is 9.46. The third-order valence-electron chi connectivity index (χ3n) is 3.36. The van der Waals surface area contributed by atoms with Gasteiger partial charge in [-0.15, -0.1) is 0 Å². The summed E-state index contributed by atoms with van der Waals surface area (Å²) >= 11 is 0. The Morgan fingerprint density at radius 3 is 2.35 bits per heavy atom. The Hall–Kier alpha value is -1.90. The van der Waals surface area contributed by atoms with Gasteiger partial charge in [-0.1, -0.05) is 31.5 Å². The van der Waals surface area contributed by atoms with Crippen LogP contribution < -0.4 is 10.0 Å². The molecular formula is C18H21O4P. The summed E-state index contributed by atoms with van der Waals surface area (Å²) in [7, 11) is -3.08. The normalized spacial score (nSPS) is 13.3. The first kappa shape index (κ1) is 17.5. The molecule has 0 saturated carbocycles. The van der Waals surface area contributed by atoms with E-state index in [4.69, 9.17) is 9.26 Å². The van der Waals surface area contributed by atoms with Gasteiger partial charge in [0.2, 0.25) is 0 Å². The van der Waals surface area contributed by atoms with Crippen LogP contribution in [0.2, 0.25) is 0 Å². The van der Waals surface area contributed by atoms with E-state index >= 15 is 0 Å². The zero-order valence-electron chi connectivity index (χ0n) is 13.2. The summed E-state index contributed by atoms with van der Waals surface area (Å²) in [6, 6.07) is 15.8. The molecular weight excluding hydrogens is 311 g/mol. The quantitative estimate of drug-likeness (QED) is 0.391. The number of carbonyl (C=O) groups excluding carboxylic acids is 1. The number of rotatable bonds is 9. The molecule has 0 aliphatic rings. The highest BCUT2D eigenvalue weighted by Crippen LogP contribution is 2.45. The van der Waals surface area contributed by atoms with E-state index in [0.29, 0.717) is 23.2 Å². The lowest BCUT2D eigenvalue weighted by molar-refractivity contribution is 0.112. The number of aldehydes is 1. The second kappa shape index (κ2) is 8.66. The highest BCUT2D eigenvalue weighted by Gasteiger charge is 2.26. The Morgan fingerprint density at radius 2 is 1.74 bits per heavy atom. The first-order valence-electron chi connectivity index (χ1n) is 7.65. The largest absolute Gasteiger partial charge is 0.483 e. The van der Waals surface area contributed by atoms with E-state index < -0.39 is 7.37 Å². The van der Waals surface area contributed by atoms with Crippen LogP contribution in [0.5, 0.6) is 5.75 Å². The lowest BCUT2D eigenvalue weighted by Crippen LogP contribution is -2.14. The summed E-state index contributed by atoms with van der Waals surface area (Å²) in [6.45, 7) is 2.50. The Balaban J connectivity index is 2.10. The molecule has 0 bridgehead atoms. The molecule has 0 heterocycles. The fourth-order valence-electron chi connectivity index (χ4n) is 2.00. The van der Waals surface area contributed by atoms with Crippen LogP contribution in [0.1, 0.15) is 30.1 Å². The molecule has 2 aromatic carbocycles. The maximum Gasteiger partial charge on any atom is 0.268 e. The van der Waals surface area contributed by atoms with Gasteiger partial charge in [0.15, 0.2) is 6.35 Å². The van der Waals surface area contributed by atoms with Crippen LogP contribution in [0.25, 0.3) is 0 Å². The lowest BCUT2D eigenvalue weighted by Gasteiger charge is -2.19. The number of hydrogen-bond acceptors (Lipinski definition) is 4. The summed E-state index contributed by atoms with van der Waals surface area (Å²) in [5.41, 5.74) is 0.572. The van der Waals surface area contributed by atoms with Crippen LogP contribution in [0.4, 0.5) is 0 Å². The monoisotopic (exact) mass is 332 g/mol. The Morgan fingerprint density at radius 1 is 1.04 bits per heavy atom. The molecule has 0 aromatic heterocycles. The Kier molecular flexibility index (Phi) is 6.57. The lowest BCUT2D eigenvalue weighted by atomic mass is 10.2. The van der Waals surface area contributed by atoms with Gasteiger partial charge in [0.1, 0.15) is 12.0 Å². The predicted octanol–water partition coefficient (Wildman–Crippen LogP) is 4.26.